The van der Waals surface area contributed by atoms with E-state index in [1.807, 2.05) is 43.4 Å². The number of rotatable bonds is 2. The molecule has 14 heavy (non-hydrogen) atoms. The Morgan fingerprint density at radius 1 is 1.21 bits per heavy atom. The lowest BCUT2D eigenvalue weighted by molar-refractivity contribution is 0.496. The van der Waals surface area contributed by atoms with Gasteiger partial charge in [0.1, 0.15) is 0 Å². The SMILES string of the molecule is CN(C)Nc1cnnc2ccccc12. The number of hydrogen-bond acceptors (Lipinski definition) is 4. The third-order valence-corrected chi connectivity index (χ3v) is 1.89. The van der Waals surface area contributed by atoms with Gasteiger partial charge in [-0.2, -0.15) is 10.2 Å². The summed E-state index contributed by atoms with van der Waals surface area (Å²) in [7, 11) is 3.88. The quantitative estimate of drug-likeness (QED) is 0.725. The Labute approximate surface area is 82.5 Å². The summed E-state index contributed by atoms with van der Waals surface area (Å²) in [6.07, 6.45) is 1.72. The van der Waals surface area contributed by atoms with Crippen molar-refractivity contribution < 1.29 is 0 Å². The predicted molar refractivity (Wildman–Crippen MR) is 56.8 cm³/mol. The number of hydrazine groups is 1. The first-order valence-electron chi connectivity index (χ1n) is 4.42. The lowest BCUT2D eigenvalue weighted by Crippen LogP contribution is -2.19. The summed E-state index contributed by atoms with van der Waals surface area (Å²) >= 11 is 0. The van der Waals surface area contributed by atoms with E-state index in [1.165, 1.54) is 0 Å². The van der Waals surface area contributed by atoms with E-state index >= 15 is 0 Å². The maximum absolute atomic E-state index is 4.04. The molecule has 4 heteroatoms. The van der Waals surface area contributed by atoms with Gasteiger partial charge < -0.3 is 5.43 Å². The zero-order valence-electron chi connectivity index (χ0n) is 8.23. The minimum atomic E-state index is 0.902. The van der Waals surface area contributed by atoms with Gasteiger partial charge in [0.2, 0.25) is 0 Å². The van der Waals surface area contributed by atoms with Crippen LogP contribution in [0.25, 0.3) is 10.9 Å². The first-order chi connectivity index (χ1) is 6.77. The maximum atomic E-state index is 4.04. The Morgan fingerprint density at radius 2 is 2.00 bits per heavy atom. The van der Waals surface area contributed by atoms with Gasteiger partial charge in [0.25, 0.3) is 0 Å². The molecule has 72 valence electrons. The molecule has 0 radical (unpaired) electrons. The van der Waals surface area contributed by atoms with E-state index in [0.717, 1.165) is 16.6 Å². The van der Waals surface area contributed by atoms with E-state index < -0.39 is 0 Å². The van der Waals surface area contributed by atoms with E-state index in [2.05, 4.69) is 15.6 Å². The third kappa shape index (κ3) is 1.65. The summed E-state index contributed by atoms with van der Waals surface area (Å²) in [4.78, 5) is 0. The molecule has 0 amide bonds. The van der Waals surface area contributed by atoms with Crippen LogP contribution in [0.5, 0.6) is 0 Å². The molecule has 1 aromatic heterocycles. The Kier molecular flexibility index (Phi) is 2.28. The molecule has 2 aromatic rings. The van der Waals surface area contributed by atoms with Crippen LogP contribution in [0.2, 0.25) is 0 Å². The highest BCUT2D eigenvalue weighted by Crippen LogP contribution is 2.19. The molecule has 1 aromatic carbocycles. The van der Waals surface area contributed by atoms with E-state index in [-0.39, 0.29) is 0 Å². The molecule has 4 nitrogen and oxygen atoms in total. The number of anilines is 1. The summed E-state index contributed by atoms with van der Waals surface area (Å²) in [6, 6.07) is 7.92. The zero-order chi connectivity index (χ0) is 9.97. The predicted octanol–water partition coefficient (Wildman–Crippen LogP) is 1.52. The Morgan fingerprint density at radius 3 is 2.79 bits per heavy atom. The number of hydrogen-bond donors (Lipinski definition) is 1. The highest BCUT2D eigenvalue weighted by Gasteiger charge is 2.01. The van der Waals surface area contributed by atoms with Crippen LogP contribution in [0.15, 0.2) is 30.5 Å². The molecule has 1 heterocycles. The van der Waals surface area contributed by atoms with Crippen LogP contribution >= 0.6 is 0 Å². The normalized spacial score (nSPS) is 10.8. The molecule has 0 unspecified atom stereocenters. The fourth-order valence-corrected chi connectivity index (χ4v) is 1.34. The van der Waals surface area contributed by atoms with Gasteiger partial charge in [-0.25, -0.2) is 5.01 Å². The zero-order valence-corrected chi connectivity index (χ0v) is 8.23. The van der Waals surface area contributed by atoms with Crippen LogP contribution in [0, 0.1) is 0 Å². The molecular formula is C10H12N4. The molecule has 0 aliphatic rings. The van der Waals surface area contributed by atoms with Gasteiger partial charge >= 0.3 is 0 Å². The van der Waals surface area contributed by atoms with Gasteiger partial charge in [-0.1, -0.05) is 18.2 Å². The molecule has 0 spiro atoms. The van der Waals surface area contributed by atoms with Crippen molar-refractivity contribution in [3.8, 4) is 0 Å². The summed E-state index contributed by atoms with van der Waals surface area (Å²) in [5.74, 6) is 0. The van der Waals surface area contributed by atoms with Crippen LogP contribution in [-0.4, -0.2) is 29.3 Å². The maximum Gasteiger partial charge on any atom is 0.0950 e. The molecule has 0 aliphatic carbocycles. The summed E-state index contributed by atoms with van der Waals surface area (Å²) in [5.41, 5.74) is 5.05. The van der Waals surface area contributed by atoms with Crippen molar-refractivity contribution in [1.29, 1.82) is 0 Å². The number of aromatic nitrogens is 2. The standard InChI is InChI=1S/C10H12N4/c1-14(2)13-10-7-11-12-9-6-4-3-5-8(9)10/h3-7H,1-2H3,(H,12,13). The van der Waals surface area contributed by atoms with Crippen LogP contribution in [-0.2, 0) is 0 Å². The van der Waals surface area contributed by atoms with Gasteiger partial charge in [-0.3, -0.25) is 0 Å². The highest BCUT2D eigenvalue weighted by atomic mass is 15.5. The molecule has 2 rings (SSSR count). The summed E-state index contributed by atoms with van der Waals surface area (Å²) in [6.45, 7) is 0. The minimum absolute atomic E-state index is 0.902. The summed E-state index contributed by atoms with van der Waals surface area (Å²) < 4.78 is 0. The van der Waals surface area contributed by atoms with E-state index in [1.54, 1.807) is 6.20 Å². The molecule has 0 saturated carbocycles. The van der Waals surface area contributed by atoms with E-state index in [0.29, 0.717) is 0 Å². The van der Waals surface area contributed by atoms with E-state index in [4.69, 9.17) is 0 Å². The fraction of sp³-hybridized carbons (Fsp3) is 0.200. The lowest BCUT2D eigenvalue weighted by Gasteiger charge is -2.14. The third-order valence-electron chi connectivity index (χ3n) is 1.89. The molecule has 1 N–H and O–H groups in total. The number of nitrogens with one attached hydrogen (secondary N) is 1. The number of fused-ring (bicyclic) bond motifs is 1. The minimum Gasteiger partial charge on any atom is -0.317 e. The van der Waals surface area contributed by atoms with E-state index in [9.17, 15) is 0 Å². The van der Waals surface area contributed by atoms with Gasteiger partial charge in [0, 0.05) is 19.5 Å². The first-order valence-corrected chi connectivity index (χ1v) is 4.42. The molecule has 0 aliphatic heterocycles. The Hall–Kier alpha value is -1.68. The second kappa shape index (κ2) is 3.59. The van der Waals surface area contributed by atoms with Crippen molar-refractivity contribution in [3.63, 3.8) is 0 Å². The van der Waals surface area contributed by atoms with Crippen molar-refractivity contribution in [2.75, 3.05) is 19.5 Å². The smallest absolute Gasteiger partial charge is 0.0950 e. The average molecular weight is 188 g/mol. The van der Waals surface area contributed by atoms with Gasteiger partial charge in [0.05, 0.1) is 17.4 Å². The molecule has 0 saturated heterocycles. The molecule has 0 atom stereocenters. The van der Waals surface area contributed by atoms with Crippen LogP contribution < -0.4 is 5.43 Å². The van der Waals surface area contributed by atoms with Gasteiger partial charge in [-0.05, 0) is 6.07 Å². The number of nitrogens with zero attached hydrogens (tertiary/aromatic N) is 3. The Bertz CT molecular complexity index is 434. The van der Waals surface area contributed by atoms with Crippen LogP contribution in [0.4, 0.5) is 5.69 Å². The topological polar surface area (TPSA) is 41.0 Å². The monoisotopic (exact) mass is 188 g/mol. The second-order valence-electron chi connectivity index (χ2n) is 3.28. The van der Waals surface area contributed by atoms with Gasteiger partial charge in [0.15, 0.2) is 0 Å². The molecule has 0 bridgehead atoms. The van der Waals surface area contributed by atoms with Crippen molar-refractivity contribution in [1.82, 2.24) is 15.2 Å². The van der Waals surface area contributed by atoms with Gasteiger partial charge in [-0.15, -0.1) is 0 Å². The fourth-order valence-electron chi connectivity index (χ4n) is 1.34. The van der Waals surface area contributed by atoms with Crippen LogP contribution in [0.3, 0.4) is 0 Å². The average Bonchev–Trinajstić information content (AvgIpc) is 2.18. The molecular weight excluding hydrogens is 176 g/mol. The molecule has 0 fully saturated rings. The second-order valence-corrected chi connectivity index (χ2v) is 3.28. The largest absolute Gasteiger partial charge is 0.317 e. The first kappa shape index (κ1) is 8.90. The Balaban J connectivity index is 2.53. The van der Waals surface area contributed by atoms with Crippen molar-refractivity contribution in [2.45, 2.75) is 0 Å². The van der Waals surface area contributed by atoms with Crippen molar-refractivity contribution in [2.24, 2.45) is 0 Å². The van der Waals surface area contributed by atoms with Crippen molar-refractivity contribution >= 4 is 16.6 Å². The lowest BCUT2D eigenvalue weighted by atomic mass is 10.2. The van der Waals surface area contributed by atoms with Crippen molar-refractivity contribution in [3.05, 3.63) is 30.5 Å². The van der Waals surface area contributed by atoms with Crippen LogP contribution in [0.1, 0.15) is 0 Å². The number of benzene rings is 1. The summed E-state index contributed by atoms with van der Waals surface area (Å²) in [5, 5.41) is 10.9. The highest BCUT2D eigenvalue weighted by molar-refractivity contribution is 5.89.